The summed E-state index contributed by atoms with van der Waals surface area (Å²) in [7, 11) is 1.40. The van der Waals surface area contributed by atoms with Crippen LogP contribution in [0, 0.1) is 6.92 Å². The van der Waals surface area contributed by atoms with E-state index in [9.17, 15) is 8.42 Å². The molecule has 1 aromatic heterocycles. The number of hydrogen-bond acceptors (Lipinski definition) is 4. The third-order valence-corrected chi connectivity index (χ3v) is 6.62. The van der Waals surface area contributed by atoms with Gasteiger partial charge in [-0.1, -0.05) is 42.0 Å². The first-order chi connectivity index (χ1) is 18.2. The number of aryl methyl sites for hydroxylation is 1. The van der Waals surface area contributed by atoms with Gasteiger partial charge in [-0.3, -0.25) is 4.55 Å². The van der Waals surface area contributed by atoms with Crippen molar-refractivity contribution >= 4 is 34.4 Å². The number of methoxy groups -OCH3 is 2. The van der Waals surface area contributed by atoms with Crippen LogP contribution in [0.5, 0.6) is 11.5 Å². The second-order valence-corrected chi connectivity index (χ2v) is 9.86. The standard InChI is InChI=1S/C24H24NO2.C7H8O3S/c1-25-21(13-7-19-9-15-23(26-2)16-10-19)5-4-6-22(25)14-8-20-11-17-24(27-3)18-12-20;1-6-2-4-7(5-3-6)11(8,9)10/h4-18H,1-3H3;2-5H,1H3,(H,8,9,10)/q+1;/b13-7+,14-8+;. The van der Waals surface area contributed by atoms with E-state index in [0.717, 1.165) is 39.6 Å². The number of benzene rings is 3. The number of pyridine rings is 1. The van der Waals surface area contributed by atoms with E-state index in [-0.39, 0.29) is 4.90 Å². The Hall–Kier alpha value is -4.20. The van der Waals surface area contributed by atoms with Crippen molar-refractivity contribution < 1.29 is 27.0 Å². The number of ether oxygens (including phenoxy) is 2. The van der Waals surface area contributed by atoms with Crippen LogP contribution < -0.4 is 14.0 Å². The predicted octanol–water partition coefficient (Wildman–Crippen LogP) is 6.11. The van der Waals surface area contributed by atoms with E-state index in [0.29, 0.717) is 0 Å². The zero-order chi connectivity index (χ0) is 27.5. The van der Waals surface area contributed by atoms with Crippen molar-refractivity contribution in [3.8, 4) is 11.5 Å². The largest absolute Gasteiger partial charge is 0.497 e. The lowest BCUT2D eigenvalue weighted by atomic mass is 10.1. The highest BCUT2D eigenvalue weighted by atomic mass is 32.2. The summed E-state index contributed by atoms with van der Waals surface area (Å²) in [5, 5.41) is 0. The highest BCUT2D eigenvalue weighted by Gasteiger charge is 2.08. The molecule has 7 heteroatoms. The zero-order valence-corrected chi connectivity index (χ0v) is 22.7. The average Bonchev–Trinajstić information content (AvgIpc) is 2.92. The Kier molecular flexibility index (Phi) is 9.99. The first-order valence-electron chi connectivity index (χ1n) is 11.9. The van der Waals surface area contributed by atoms with Gasteiger partial charge in [0, 0.05) is 24.3 Å². The van der Waals surface area contributed by atoms with Crippen LogP contribution in [0.4, 0.5) is 0 Å². The van der Waals surface area contributed by atoms with Gasteiger partial charge < -0.3 is 9.47 Å². The van der Waals surface area contributed by atoms with E-state index >= 15 is 0 Å². The number of nitrogens with zero attached hydrogens (tertiary/aromatic N) is 1. The summed E-state index contributed by atoms with van der Waals surface area (Å²) in [6.45, 7) is 1.84. The summed E-state index contributed by atoms with van der Waals surface area (Å²) >= 11 is 0. The molecule has 0 radical (unpaired) electrons. The quantitative estimate of drug-likeness (QED) is 0.230. The van der Waals surface area contributed by atoms with Gasteiger partial charge in [-0.25, -0.2) is 0 Å². The Bertz CT molecular complexity index is 1410. The van der Waals surface area contributed by atoms with Gasteiger partial charge in [0.25, 0.3) is 10.1 Å². The van der Waals surface area contributed by atoms with Crippen LogP contribution in [0.1, 0.15) is 28.1 Å². The molecule has 1 N–H and O–H groups in total. The van der Waals surface area contributed by atoms with E-state index in [1.54, 1.807) is 26.4 Å². The molecule has 0 spiro atoms. The minimum atomic E-state index is -4.02. The highest BCUT2D eigenvalue weighted by Crippen LogP contribution is 2.15. The maximum absolute atomic E-state index is 10.5. The highest BCUT2D eigenvalue weighted by molar-refractivity contribution is 7.85. The van der Waals surface area contributed by atoms with E-state index in [2.05, 4.69) is 54.1 Å². The summed E-state index contributed by atoms with van der Waals surface area (Å²) in [5.74, 6) is 1.73. The molecule has 0 unspecified atom stereocenters. The molecule has 0 saturated carbocycles. The monoisotopic (exact) mass is 530 g/mol. The van der Waals surface area contributed by atoms with Gasteiger partial charge in [-0.05, 0) is 72.7 Å². The second-order valence-electron chi connectivity index (χ2n) is 8.44. The molecule has 4 aromatic rings. The fraction of sp³-hybridized carbons (Fsp3) is 0.129. The van der Waals surface area contributed by atoms with Crippen molar-refractivity contribution in [1.29, 1.82) is 0 Å². The first kappa shape index (κ1) is 28.4. The first-order valence-corrected chi connectivity index (χ1v) is 13.3. The molecule has 4 rings (SSSR count). The smallest absolute Gasteiger partial charge is 0.294 e. The van der Waals surface area contributed by atoms with Crippen molar-refractivity contribution in [2.24, 2.45) is 7.05 Å². The third-order valence-electron chi connectivity index (χ3n) is 5.75. The summed E-state index contributed by atoms with van der Waals surface area (Å²) in [6, 6.07) is 28.3. The fourth-order valence-corrected chi connectivity index (χ4v) is 3.94. The van der Waals surface area contributed by atoms with Gasteiger partial charge >= 0.3 is 0 Å². The molecule has 0 fully saturated rings. The molecular formula is C31H32NO5S+. The van der Waals surface area contributed by atoms with Crippen LogP contribution in [0.25, 0.3) is 24.3 Å². The third kappa shape index (κ3) is 8.44. The SMILES string of the molecule is COc1ccc(/C=C/c2cccc(/C=C/c3ccc(OC)cc3)[n+]2C)cc1.Cc1ccc(S(=O)(=O)O)cc1. The van der Waals surface area contributed by atoms with Gasteiger partial charge in [-0.2, -0.15) is 13.0 Å². The number of aromatic nitrogens is 1. The minimum absolute atomic E-state index is 0.0666. The molecule has 0 saturated heterocycles. The Morgan fingerprint density at radius 2 is 1.08 bits per heavy atom. The Morgan fingerprint density at radius 1 is 0.658 bits per heavy atom. The van der Waals surface area contributed by atoms with Gasteiger partial charge in [0.1, 0.15) is 18.5 Å². The van der Waals surface area contributed by atoms with Crippen molar-refractivity contribution in [2.75, 3.05) is 14.2 Å². The molecule has 0 amide bonds. The van der Waals surface area contributed by atoms with E-state index in [4.69, 9.17) is 14.0 Å². The van der Waals surface area contributed by atoms with Crippen LogP contribution in [-0.4, -0.2) is 27.2 Å². The summed E-state index contributed by atoms with van der Waals surface area (Å²) < 4.78 is 42.1. The van der Waals surface area contributed by atoms with Crippen LogP contribution in [-0.2, 0) is 17.2 Å². The van der Waals surface area contributed by atoms with Crippen molar-refractivity contribution in [2.45, 2.75) is 11.8 Å². The van der Waals surface area contributed by atoms with Crippen LogP contribution in [0.15, 0.2) is 95.9 Å². The Morgan fingerprint density at radius 3 is 1.45 bits per heavy atom. The molecule has 1 heterocycles. The van der Waals surface area contributed by atoms with Gasteiger partial charge in [0.05, 0.1) is 19.1 Å². The zero-order valence-electron chi connectivity index (χ0n) is 21.9. The van der Waals surface area contributed by atoms with Gasteiger partial charge in [-0.15, -0.1) is 0 Å². The lowest BCUT2D eigenvalue weighted by Crippen LogP contribution is -2.35. The van der Waals surface area contributed by atoms with E-state index in [1.807, 2.05) is 55.5 Å². The van der Waals surface area contributed by atoms with Crippen molar-refractivity contribution in [1.82, 2.24) is 0 Å². The van der Waals surface area contributed by atoms with Crippen LogP contribution in [0.3, 0.4) is 0 Å². The molecule has 0 atom stereocenters. The predicted molar refractivity (Wildman–Crippen MR) is 152 cm³/mol. The molecule has 3 aromatic carbocycles. The van der Waals surface area contributed by atoms with Crippen molar-refractivity contribution in [3.05, 3.63) is 119 Å². The Balaban J connectivity index is 0.000000304. The lowest BCUT2D eigenvalue weighted by molar-refractivity contribution is -0.675. The van der Waals surface area contributed by atoms with Gasteiger partial charge in [0.15, 0.2) is 0 Å². The van der Waals surface area contributed by atoms with Crippen LogP contribution in [0.2, 0.25) is 0 Å². The fourth-order valence-electron chi connectivity index (χ4n) is 3.46. The van der Waals surface area contributed by atoms with E-state index < -0.39 is 10.1 Å². The maximum Gasteiger partial charge on any atom is 0.294 e. The molecule has 0 aliphatic heterocycles. The molecule has 196 valence electrons. The number of hydrogen-bond donors (Lipinski definition) is 1. The summed E-state index contributed by atoms with van der Waals surface area (Å²) in [4.78, 5) is -0.0666. The molecule has 6 nitrogen and oxygen atoms in total. The normalized spacial score (nSPS) is 11.3. The second kappa shape index (κ2) is 13.4. The molecular weight excluding hydrogens is 498 g/mol. The minimum Gasteiger partial charge on any atom is -0.497 e. The lowest BCUT2D eigenvalue weighted by Gasteiger charge is -2.01. The van der Waals surface area contributed by atoms with Gasteiger partial charge in [0.2, 0.25) is 11.4 Å². The average molecular weight is 531 g/mol. The topological polar surface area (TPSA) is 76.7 Å². The molecule has 0 aliphatic carbocycles. The molecule has 0 aliphatic rings. The summed E-state index contributed by atoms with van der Waals surface area (Å²) in [6.07, 6.45) is 8.44. The number of rotatable bonds is 7. The molecule has 38 heavy (non-hydrogen) atoms. The summed E-state index contributed by atoms with van der Waals surface area (Å²) in [5.41, 5.74) is 5.48. The Labute approximate surface area is 224 Å². The van der Waals surface area contributed by atoms with E-state index in [1.165, 1.54) is 12.1 Å². The van der Waals surface area contributed by atoms with Crippen LogP contribution >= 0.6 is 0 Å². The molecule has 0 bridgehead atoms. The van der Waals surface area contributed by atoms with Crippen molar-refractivity contribution in [3.63, 3.8) is 0 Å². The maximum atomic E-state index is 10.5.